The summed E-state index contributed by atoms with van der Waals surface area (Å²) in [5, 5.41) is 3.03. The third-order valence-electron chi connectivity index (χ3n) is 6.09. The van der Waals surface area contributed by atoms with Gasteiger partial charge in [-0.25, -0.2) is 0 Å². The zero-order valence-corrected chi connectivity index (χ0v) is 18.0. The smallest absolute Gasteiger partial charge is 0.227 e. The molecule has 7 nitrogen and oxygen atoms in total. The van der Waals surface area contributed by atoms with Crippen molar-refractivity contribution in [2.45, 2.75) is 6.42 Å². The van der Waals surface area contributed by atoms with Gasteiger partial charge in [-0.15, -0.1) is 0 Å². The van der Waals surface area contributed by atoms with Crippen LogP contribution in [0.15, 0.2) is 54.6 Å². The number of carbonyl (C=O) groups excluding carboxylic acids is 2. The lowest BCUT2D eigenvalue weighted by Gasteiger charge is -2.36. The summed E-state index contributed by atoms with van der Waals surface area (Å²) in [4.78, 5) is 31.3. The lowest BCUT2D eigenvalue weighted by molar-refractivity contribution is -0.126. The van der Waals surface area contributed by atoms with Crippen LogP contribution in [0.2, 0.25) is 0 Å². The minimum absolute atomic E-state index is 0.0128. The van der Waals surface area contributed by atoms with Gasteiger partial charge in [-0.1, -0.05) is 30.3 Å². The first kappa shape index (κ1) is 21.2. The first-order valence-corrected chi connectivity index (χ1v) is 10.9. The van der Waals surface area contributed by atoms with Crippen molar-refractivity contribution >= 4 is 23.2 Å². The van der Waals surface area contributed by atoms with E-state index < -0.39 is 0 Å². The maximum Gasteiger partial charge on any atom is 0.227 e. The number of para-hydroxylation sites is 3. The first-order valence-electron chi connectivity index (χ1n) is 10.9. The van der Waals surface area contributed by atoms with E-state index in [1.54, 1.807) is 12.0 Å². The fourth-order valence-corrected chi connectivity index (χ4v) is 4.33. The van der Waals surface area contributed by atoms with E-state index in [4.69, 9.17) is 4.74 Å². The van der Waals surface area contributed by atoms with Crippen LogP contribution >= 0.6 is 0 Å². The van der Waals surface area contributed by atoms with E-state index in [-0.39, 0.29) is 24.2 Å². The standard InChI is InChI=1S/C24H30N4O3/c1-31-22-10-6-5-9-21(22)27-15-13-26(14-16-27)12-11-25-24(30)19-17-23(29)28(18-19)20-7-3-2-4-8-20/h2-10,19H,11-18H2,1H3,(H,25,30)/t19-/m1/s1. The molecule has 0 spiro atoms. The maximum atomic E-state index is 12.6. The Kier molecular flexibility index (Phi) is 6.72. The zero-order chi connectivity index (χ0) is 21.6. The van der Waals surface area contributed by atoms with Crippen molar-refractivity contribution in [1.29, 1.82) is 0 Å². The van der Waals surface area contributed by atoms with Crippen LogP contribution in [0.25, 0.3) is 0 Å². The van der Waals surface area contributed by atoms with Crippen molar-refractivity contribution in [2.75, 3.05) is 62.7 Å². The molecule has 2 aliphatic rings. The third kappa shape index (κ3) is 4.99. The number of benzene rings is 2. The van der Waals surface area contributed by atoms with E-state index in [1.807, 2.05) is 48.5 Å². The summed E-state index contributed by atoms with van der Waals surface area (Å²) in [7, 11) is 1.70. The molecule has 1 N–H and O–H groups in total. The molecule has 2 amide bonds. The highest BCUT2D eigenvalue weighted by Gasteiger charge is 2.35. The van der Waals surface area contributed by atoms with Crippen LogP contribution in [0.1, 0.15) is 6.42 Å². The van der Waals surface area contributed by atoms with E-state index in [0.717, 1.165) is 49.8 Å². The summed E-state index contributed by atoms with van der Waals surface area (Å²) in [6, 6.07) is 17.6. The molecule has 0 saturated carbocycles. The third-order valence-corrected chi connectivity index (χ3v) is 6.09. The van der Waals surface area contributed by atoms with Crippen molar-refractivity contribution in [2.24, 2.45) is 5.92 Å². The van der Waals surface area contributed by atoms with Gasteiger partial charge in [0, 0.05) is 57.9 Å². The Morgan fingerprint density at radius 3 is 2.48 bits per heavy atom. The fraction of sp³-hybridized carbons (Fsp3) is 0.417. The quantitative estimate of drug-likeness (QED) is 0.739. The van der Waals surface area contributed by atoms with Gasteiger partial charge in [-0.2, -0.15) is 0 Å². The molecule has 0 unspecified atom stereocenters. The number of amides is 2. The van der Waals surface area contributed by atoms with Crippen LogP contribution in [0.3, 0.4) is 0 Å². The molecule has 7 heteroatoms. The molecular formula is C24H30N4O3. The van der Waals surface area contributed by atoms with Crippen molar-refractivity contribution in [3.63, 3.8) is 0 Å². The number of nitrogens with zero attached hydrogens (tertiary/aromatic N) is 3. The van der Waals surface area contributed by atoms with E-state index in [1.165, 1.54) is 0 Å². The molecule has 2 aromatic carbocycles. The Labute approximate surface area is 183 Å². The normalized spacial score (nSPS) is 19.5. The number of methoxy groups -OCH3 is 1. The van der Waals surface area contributed by atoms with Gasteiger partial charge < -0.3 is 19.9 Å². The van der Waals surface area contributed by atoms with E-state index >= 15 is 0 Å². The Balaban J connectivity index is 1.20. The van der Waals surface area contributed by atoms with Crippen LogP contribution in [0, 0.1) is 5.92 Å². The Hall–Kier alpha value is -3.06. The predicted octanol–water partition coefficient (Wildman–Crippen LogP) is 1.99. The van der Waals surface area contributed by atoms with Crippen molar-refractivity contribution in [3.8, 4) is 5.75 Å². The van der Waals surface area contributed by atoms with Gasteiger partial charge >= 0.3 is 0 Å². The maximum absolute atomic E-state index is 12.6. The van der Waals surface area contributed by atoms with Gasteiger partial charge in [0.1, 0.15) is 5.75 Å². The number of ether oxygens (including phenoxy) is 1. The summed E-state index contributed by atoms with van der Waals surface area (Å²) >= 11 is 0. The number of hydrogen-bond donors (Lipinski definition) is 1. The molecule has 2 aliphatic heterocycles. The van der Waals surface area contributed by atoms with Crippen LogP contribution in [0.5, 0.6) is 5.75 Å². The van der Waals surface area contributed by atoms with Gasteiger partial charge in [0.15, 0.2) is 0 Å². The van der Waals surface area contributed by atoms with Crippen molar-refractivity contribution < 1.29 is 14.3 Å². The summed E-state index contributed by atoms with van der Waals surface area (Å²) < 4.78 is 5.48. The molecule has 2 fully saturated rings. The monoisotopic (exact) mass is 422 g/mol. The van der Waals surface area contributed by atoms with Gasteiger partial charge in [0.2, 0.25) is 11.8 Å². The molecule has 2 heterocycles. The summed E-state index contributed by atoms with van der Waals surface area (Å²) in [6.07, 6.45) is 0.276. The average molecular weight is 423 g/mol. The number of hydrogen-bond acceptors (Lipinski definition) is 5. The molecule has 4 rings (SSSR count). The molecule has 0 aliphatic carbocycles. The lowest BCUT2D eigenvalue weighted by atomic mass is 10.1. The predicted molar refractivity (Wildman–Crippen MR) is 122 cm³/mol. The lowest BCUT2D eigenvalue weighted by Crippen LogP contribution is -2.49. The molecule has 0 bridgehead atoms. The minimum Gasteiger partial charge on any atom is -0.495 e. The van der Waals surface area contributed by atoms with E-state index in [0.29, 0.717) is 13.1 Å². The Morgan fingerprint density at radius 1 is 1.03 bits per heavy atom. The van der Waals surface area contributed by atoms with Gasteiger partial charge in [0.25, 0.3) is 0 Å². The number of anilines is 2. The molecule has 2 aromatic rings. The summed E-state index contributed by atoms with van der Waals surface area (Å²) in [6.45, 7) is 5.61. The minimum atomic E-state index is -0.282. The highest BCUT2D eigenvalue weighted by molar-refractivity contribution is 6.00. The zero-order valence-electron chi connectivity index (χ0n) is 18.0. The molecule has 2 saturated heterocycles. The van der Waals surface area contributed by atoms with Crippen molar-refractivity contribution in [1.82, 2.24) is 10.2 Å². The Bertz CT molecular complexity index is 897. The van der Waals surface area contributed by atoms with Gasteiger partial charge in [-0.3, -0.25) is 14.5 Å². The molecule has 1 atom stereocenters. The second-order valence-electron chi connectivity index (χ2n) is 8.03. The van der Waals surface area contributed by atoms with E-state index in [2.05, 4.69) is 21.2 Å². The Morgan fingerprint density at radius 2 is 1.74 bits per heavy atom. The molecule has 0 radical (unpaired) electrons. The highest BCUT2D eigenvalue weighted by Crippen LogP contribution is 2.28. The molecule has 31 heavy (non-hydrogen) atoms. The number of carbonyl (C=O) groups is 2. The van der Waals surface area contributed by atoms with Crippen LogP contribution in [-0.2, 0) is 9.59 Å². The largest absolute Gasteiger partial charge is 0.495 e. The number of rotatable bonds is 7. The summed E-state index contributed by atoms with van der Waals surface area (Å²) in [5.41, 5.74) is 1.99. The average Bonchev–Trinajstić information content (AvgIpc) is 3.22. The van der Waals surface area contributed by atoms with Crippen LogP contribution in [0.4, 0.5) is 11.4 Å². The highest BCUT2D eigenvalue weighted by atomic mass is 16.5. The SMILES string of the molecule is COc1ccccc1N1CCN(CCNC(=O)[C@@H]2CC(=O)N(c3ccccc3)C2)CC1. The van der Waals surface area contributed by atoms with Gasteiger partial charge in [0.05, 0.1) is 18.7 Å². The molecule has 0 aromatic heterocycles. The van der Waals surface area contributed by atoms with Crippen LogP contribution < -0.4 is 19.9 Å². The second kappa shape index (κ2) is 9.83. The van der Waals surface area contributed by atoms with Crippen molar-refractivity contribution in [3.05, 3.63) is 54.6 Å². The topological polar surface area (TPSA) is 65.1 Å². The fourth-order valence-electron chi connectivity index (χ4n) is 4.33. The molecule has 164 valence electrons. The number of nitrogens with one attached hydrogen (secondary N) is 1. The van der Waals surface area contributed by atoms with E-state index in [9.17, 15) is 9.59 Å². The second-order valence-corrected chi connectivity index (χ2v) is 8.03. The summed E-state index contributed by atoms with van der Waals surface area (Å²) in [5.74, 6) is 0.604. The number of piperazine rings is 1. The van der Waals surface area contributed by atoms with Crippen LogP contribution in [-0.4, -0.2) is 69.6 Å². The molecular weight excluding hydrogens is 392 g/mol. The first-order chi connectivity index (χ1) is 15.2. The van der Waals surface area contributed by atoms with Gasteiger partial charge in [-0.05, 0) is 24.3 Å².